The van der Waals surface area contributed by atoms with Crippen LogP contribution in [0.2, 0.25) is 0 Å². The molecule has 2 N–H and O–H groups in total. The van der Waals surface area contributed by atoms with Gasteiger partial charge in [-0.25, -0.2) is 0 Å². The van der Waals surface area contributed by atoms with Crippen molar-refractivity contribution in [3.05, 3.63) is 0 Å². The number of aliphatic carboxylic acids is 2. The monoisotopic (exact) mass is 388 g/mol. The smallest absolute Gasteiger partial charge is 0.313 e. The van der Waals surface area contributed by atoms with E-state index in [-0.39, 0.29) is 51.4 Å². The molecule has 0 unspecified atom stereocenters. The maximum absolute atomic E-state index is 11.4. The van der Waals surface area contributed by atoms with Gasteiger partial charge in [0.05, 0.1) is 0 Å². The van der Waals surface area contributed by atoms with E-state index in [4.69, 9.17) is 10.2 Å². The average molecular weight is 388 g/mol. The first-order valence-corrected chi connectivity index (χ1v) is 8.61. The molecule has 152 valence electrons. The summed E-state index contributed by atoms with van der Waals surface area (Å²) in [5, 5.41) is 16.9. The summed E-state index contributed by atoms with van der Waals surface area (Å²) in [6.07, 6.45) is 0.725. The molecular formula is C17H24O10. The molecule has 0 saturated carbocycles. The van der Waals surface area contributed by atoms with Crippen LogP contribution in [-0.4, -0.2) is 46.0 Å². The van der Waals surface area contributed by atoms with Gasteiger partial charge in [-0.2, -0.15) is 0 Å². The number of esters is 4. The van der Waals surface area contributed by atoms with Gasteiger partial charge in [-0.15, -0.1) is 0 Å². The predicted octanol–water partition coefficient (Wildman–Crippen LogP) is 1.59. The summed E-state index contributed by atoms with van der Waals surface area (Å²) in [6.45, 7) is 0. The highest BCUT2D eigenvalue weighted by atomic mass is 16.6. The molecule has 0 aromatic rings. The molecule has 0 radical (unpaired) electrons. The van der Waals surface area contributed by atoms with Gasteiger partial charge in [-0.3, -0.25) is 28.8 Å². The maximum atomic E-state index is 11.4. The third-order valence-electron chi connectivity index (χ3n) is 3.26. The average Bonchev–Trinajstić information content (AvgIpc) is 2.53. The van der Waals surface area contributed by atoms with Crippen molar-refractivity contribution in [3.63, 3.8) is 0 Å². The molecule has 0 amide bonds. The van der Waals surface area contributed by atoms with Crippen LogP contribution in [0, 0.1) is 0 Å². The van der Waals surface area contributed by atoms with Gasteiger partial charge in [-0.1, -0.05) is 6.42 Å². The molecule has 0 rings (SSSR count). The van der Waals surface area contributed by atoms with Gasteiger partial charge in [0, 0.05) is 38.5 Å². The lowest BCUT2D eigenvalue weighted by atomic mass is 10.1. The third-order valence-corrected chi connectivity index (χ3v) is 3.26. The normalized spacial score (nSPS) is 10.1. The molecule has 0 bridgehead atoms. The Morgan fingerprint density at radius 1 is 0.444 bits per heavy atom. The maximum Gasteiger partial charge on any atom is 0.313 e. The number of hydrogen-bond acceptors (Lipinski definition) is 8. The SMILES string of the molecule is O=C(O)CCCC(=O)OC(=O)CCCCCC(=O)OC(=O)CCCC(=O)O. The van der Waals surface area contributed by atoms with Crippen LogP contribution < -0.4 is 0 Å². The minimum atomic E-state index is -1.03. The van der Waals surface area contributed by atoms with E-state index in [1.54, 1.807) is 0 Å². The molecule has 27 heavy (non-hydrogen) atoms. The van der Waals surface area contributed by atoms with Gasteiger partial charge < -0.3 is 19.7 Å². The van der Waals surface area contributed by atoms with Crippen molar-refractivity contribution in [1.82, 2.24) is 0 Å². The highest BCUT2D eigenvalue weighted by molar-refractivity contribution is 5.86. The number of hydrogen-bond donors (Lipinski definition) is 2. The predicted molar refractivity (Wildman–Crippen MR) is 88.3 cm³/mol. The number of carbonyl (C=O) groups is 6. The largest absolute Gasteiger partial charge is 0.481 e. The van der Waals surface area contributed by atoms with Crippen LogP contribution in [0.3, 0.4) is 0 Å². The van der Waals surface area contributed by atoms with Gasteiger partial charge >= 0.3 is 35.8 Å². The van der Waals surface area contributed by atoms with Crippen molar-refractivity contribution in [1.29, 1.82) is 0 Å². The Hall–Kier alpha value is -2.78. The van der Waals surface area contributed by atoms with Crippen LogP contribution in [0.4, 0.5) is 0 Å². The van der Waals surface area contributed by atoms with Crippen molar-refractivity contribution < 1.29 is 48.5 Å². The molecule has 0 saturated heterocycles. The van der Waals surface area contributed by atoms with Gasteiger partial charge in [0.2, 0.25) is 0 Å². The van der Waals surface area contributed by atoms with Gasteiger partial charge in [-0.05, 0) is 25.7 Å². The first-order chi connectivity index (χ1) is 12.7. The molecule has 0 atom stereocenters. The minimum Gasteiger partial charge on any atom is -0.481 e. The number of unbranched alkanes of at least 4 members (excludes halogenated alkanes) is 2. The van der Waals surface area contributed by atoms with Crippen molar-refractivity contribution in [2.45, 2.75) is 70.6 Å². The summed E-state index contributed by atoms with van der Waals surface area (Å²) < 4.78 is 9.04. The van der Waals surface area contributed by atoms with Crippen molar-refractivity contribution >= 4 is 35.8 Å². The Bertz CT molecular complexity index is 504. The fourth-order valence-corrected chi connectivity index (χ4v) is 1.94. The van der Waals surface area contributed by atoms with Gasteiger partial charge in [0.15, 0.2) is 0 Å². The molecule has 0 aliphatic heterocycles. The van der Waals surface area contributed by atoms with Crippen LogP contribution in [0.1, 0.15) is 70.6 Å². The number of carboxylic acids is 2. The second-order valence-corrected chi connectivity index (χ2v) is 5.75. The number of carbonyl (C=O) groups excluding carboxylic acids is 4. The number of ether oxygens (including phenoxy) is 2. The molecule has 0 aliphatic carbocycles. The van der Waals surface area contributed by atoms with E-state index >= 15 is 0 Å². The van der Waals surface area contributed by atoms with E-state index in [1.807, 2.05) is 0 Å². The fourth-order valence-electron chi connectivity index (χ4n) is 1.94. The minimum absolute atomic E-state index is 0.0200. The molecule has 10 heteroatoms. The molecule has 0 fully saturated rings. The van der Waals surface area contributed by atoms with Crippen LogP contribution >= 0.6 is 0 Å². The Labute approximate surface area is 155 Å². The molecule has 0 aromatic carbocycles. The van der Waals surface area contributed by atoms with Crippen LogP contribution in [0.15, 0.2) is 0 Å². The van der Waals surface area contributed by atoms with Crippen LogP contribution in [-0.2, 0) is 38.2 Å². The Kier molecular flexibility index (Phi) is 12.9. The standard InChI is InChI=1S/C17H24O10/c18-12(19)6-4-10-16(24)26-14(22)8-2-1-3-9-15(23)27-17(25)11-5-7-13(20)21/h1-11H2,(H,18,19)(H,20,21). The zero-order valence-electron chi connectivity index (χ0n) is 14.9. The first-order valence-electron chi connectivity index (χ1n) is 8.61. The summed E-state index contributed by atoms with van der Waals surface area (Å²) >= 11 is 0. The molecule has 0 heterocycles. The zero-order valence-corrected chi connectivity index (χ0v) is 14.9. The van der Waals surface area contributed by atoms with Crippen molar-refractivity contribution in [2.24, 2.45) is 0 Å². The lowest BCUT2D eigenvalue weighted by Gasteiger charge is -2.04. The van der Waals surface area contributed by atoms with Crippen LogP contribution in [0.5, 0.6) is 0 Å². The van der Waals surface area contributed by atoms with E-state index in [9.17, 15) is 28.8 Å². The molecular weight excluding hydrogens is 364 g/mol. The van der Waals surface area contributed by atoms with E-state index in [0.717, 1.165) is 0 Å². The summed E-state index contributed by atoms with van der Waals surface area (Å²) in [5.41, 5.74) is 0. The Balaban J connectivity index is 3.68. The Morgan fingerprint density at radius 3 is 1.04 bits per heavy atom. The lowest BCUT2D eigenvalue weighted by molar-refractivity contribution is -0.161. The van der Waals surface area contributed by atoms with E-state index < -0.39 is 35.8 Å². The summed E-state index contributed by atoms with van der Waals surface area (Å²) in [5.74, 6) is -5.04. The van der Waals surface area contributed by atoms with Crippen molar-refractivity contribution in [2.75, 3.05) is 0 Å². The second-order valence-electron chi connectivity index (χ2n) is 5.75. The first kappa shape index (κ1) is 24.2. The highest BCUT2D eigenvalue weighted by Crippen LogP contribution is 2.07. The van der Waals surface area contributed by atoms with Gasteiger partial charge in [0.25, 0.3) is 0 Å². The topological polar surface area (TPSA) is 161 Å². The summed E-state index contributed by atoms with van der Waals surface area (Å²) in [7, 11) is 0. The van der Waals surface area contributed by atoms with E-state index in [2.05, 4.69) is 9.47 Å². The fraction of sp³-hybridized carbons (Fsp3) is 0.647. The highest BCUT2D eigenvalue weighted by Gasteiger charge is 2.13. The second kappa shape index (κ2) is 14.4. The summed E-state index contributed by atoms with van der Waals surface area (Å²) in [4.78, 5) is 65.9. The quantitative estimate of drug-likeness (QED) is 0.254. The van der Waals surface area contributed by atoms with E-state index in [1.165, 1.54) is 0 Å². The summed E-state index contributed by atoms with van der Waals surface area (Å²) in [6, 6.07) is 0. The Morgan fingerprint density at radius 2 is 0.741 bits per heavy atom. The third kappa shape index (κ3) is 16.4. The van der Waals surface area contributed by atoms with Crippen molar-refractivity contribution in [3.8, 4) is 0 Å². The number of carboxylic acid groups (broad SMARTS) is 2. The number of rotatable bonds is 14. The zero-order chi connectivity index (χ0) is 20.7. The molecule has 0 aromatic heterocycles. The van der Waals surface area contributed by atoms with Gasteiger partial charge in [0.1, 0.15) is 0 Å². The molecule has 0 spiro atoms. The van der Waals surface area contributed by atoms with Crippen LogP contribution in [0.25, 0.3) is 0 Å². The molecule has 0 aliphatic rings. The molecule has 10 nitrogen and oxygen atoms in total. The lowest BCUT2D eigenvalue weighted by Crippen LogP contribution is -2.13. The van der Waals surface area contributed by atoms with E-state index in [0.29, 0.717) is 19.3 Å².